The van der Waals surface area contributed by atoms with Gasteiger partial charge in [-0.25, -0.2) is 0 Å². The Labute approximate surface area is 150 Å². The van der Waals surface area contributed by atoms with Gasteiger partial charge >= 0.3 is 0 Å². The summed E-state index contributed by atoms with van der Waals surface area (Å²) in [5, 5.41) is 29.8. The van der Waals surface area contributed by atoms with Gasteiger partial charge in [0.2, 0.25) is 5.89 Å². The van der Waals surface area contributed by atoms with Gasteiger partial charge in [-0.3, -0.25) is 10.1 Å². The molecule has 2 aromatic heterocycles. The van der Waals surface area contributed by atoms with Crippen LogP contribution in [-0.4, -0.2) is 21.1 Å². The Morgan fingerprint density at radius 1 is 1.19 bits per heavy atom. The number of rotatable bonds is 6. The Hall–Kier alpha value is -3.40. The quantitative estimate of drug-likeness (QED) is 0.276. The number of carbonyl (C=O) groups is 1. The number of benzene rings is 1. The first kappa shape index (κ1) is 17.4. The number of nitrogens with zero attached hydrogens (tertiary/aromatic N) is 3. The van der Waals surface area contributed by atoms with Crippen LogP contribution in [0.2, 0.25) is 0 Å². The number of thioether (sulfide) groups is 1. The second-order valence-electron chi connectivity index (χ2n) is 4.96. The van der Waals surface area contributed by atoms with Gasteiger partial charge in [-0.15, -0.1) is 10.2 Å². The number of carboxylic acid groups (broad SMARTS) is 1. The number of nitro benzene ring substituents is 1. The van der Waals surface area contributed by atoms with Crippen LogP contribution in [0.4, 0.5) is 5.69 Å². The number of aliphatic carboxylic acids is 1. The number of aryl methyl sites for hydroxylation is 1. The predicted molar refractivity (Wildman–Crippen MR) is 88.7 cm³/mol. The summed E-state index contributed by atoms with van der Waals surface area (Å²) in [7, 11) is 0. The first-order valence-corrected chi connectivity index (χ1v) is 8.00. The van der Waals surface area contributed by atoms with Crippen LogP contribution in [0, 0.1) is 17.0 Å². The Bertz CT molecular complexity index is 1010. The molecule has 26 heavy (non-hydrogen) atoms. The van der Waals surface area contributed by atoms with E-state index < -0.39 is 10.9 Å². The molecule has 132 valence electrons. The van der Waals surface area contributed by atoms with E-state index in [0.29, 0.717) is 17.7 Å². The van der Waals surface area contributed by atoms with Crippen molar-refractivity contribution in [1.82, 2.24) is 10.2 Å². The zero-order chi connectivity index (χ0) is 18.7. The van der Waals surface area contributed by atoms with Crippen molar-refractivity contribution >= 4 is 29.5 Å². The van der Waals surface area contributed by atoms with E-state index in [1.807, 2.05) is 0 Å². The lowest BCUT2D eigenvalue weighted by Crippen LogP contribution is -2.22. The number of para-hydroxylation sites is 1. The van der Waals surface area contributed by atoms with Gasteiger partial charge in [0.25, 0.3) is 10.9 Å². The van der Waals surface area contributed by atoms with E-state index in [9.17, 15) is 20.0 Å². The largest absolute Gasteiger partial charge is 0.544 e. The molecule has 0 saturated carbocycles. The molecule has 0 unspecified atom stereocenters. The van der Waals surface area contributed by atoms with Crippen LogP contribution >= 0.6 is 11.8 Å². The van der Waals surface area contributed by atoms with Crippen molar-refractivity contribution in [3.63, 3.8) is 0 Å². The van der Waals surface area contributed by atoms with Crippen LogP contribution < -0.4 is 5.11 Å². The number of aromatic nitrogens is 2. The van der Waals surface area contributed by atoms with Crippen molar-refractivity contribution in [3.8, 4) is 11.3 Å². The van der Waals surface area contributed by atoms with Crippen molar-refractivity contribution < 1.29 is 23.7 Å². The average Bonchev–Trinajstić information content (AvgIpc) is 3.23. The monoisotopic (exact) mass is 372 g/mol. The van der Waals surface area contributed by atoms with Crippen LogP contribution in [0.25, 0.3) is 17.4 Å². The van der Waals surface area contributed by atoms with Crippen LogP contribution in [-0.2, 0) is 4.79 Å². The van der Waals surface area contributed by atoms with Gasteiger partial charge in [-0.05, 0) is 36.0 Å². The lowest BCUT2D eigenvalue weighted by Gasteiger charge is -2.04. The van der Waals surface area contributed by atoms with Crippen molar-refractivity contribution in [1.29, 1.82) is 0 Å². The molecule has 0 aliphatic carbocycles. The minimum Gasteiger partial charge on any atom is -0.544 e. The van der Waals surface area contributed by atoms with Crippen LogP contribution in [0.1, 0.15) is 11.7 Å². The minimum absolute atomic E-state index is 0.0448. The van der Waals surface area contributed by atoms with Crippen molar-refractivity contribution in [2.45, 2.75) is 12.1 Å². The fourth-order valence-electron chi connectivity index (χ4n) is 2.09. The van der Waals surface area contributed by atoms with Crippen LogP contribution in [0.15, 0.2) is 55.4 Å². The summed E-state index contributed by atoms with van der Waals surface area (Å²) in [4.78, 5) is 21.7. The number of hydrogen-bond donors (Lipinski definition) is 0. The Morgan fingerprint density at radius 3 is 2.62 bits per heavy atom. The second-order valence-corrected chi connectivity index (χ2v) is 5.95. The smallest absolute Gasteiger partial charge is 0.281 e. The molecule has 2 heterocycles. The van der Waals surface area contributed by atoms with Gasteiger partial charge in [0, 0.05) is 17.9 Å². The molecule has 0 atom stereocenters. The SMILES string of the molecule is Cc1nnc(S/C(=C/c2ccc(-c3ccccc3[N+](=O)[O-])o2)C(=O)[O-])o1. The third-order valence-corrected chi connectivity index (χ3v) is 4.02. The first-order chi connectivity index (χ1) is 12.4. The molecule has 0 saturated heterocycles. The second kappa shape index (κ2) is 7.23. The number of carbonyl (C=O) groups excluding carboxylic acids is 1. The molecule has 0 radical (unpaired) electrons. The number of nitro groups is 1. The van der Waals surface area contributed by atoms with Crippen molar-refractivity contribution in [2.24, 2.45) is 0 Å². The van der Waals surface area contributed by atoms with Crippen LogP contribution in [0.3, 0.4) is 0 Å². The summed E-state index contributed by atoms with van der Waals surface area (Å²) in [6.07, 6.45) is 1.22. The zero-order valence-electron chi connectivity index (χ0n) is 13.2. The first-order valence-electron chi connectivity index (χ1n) is 7.18. The molecule has 0 spiro atoms. The predicted octanol–water partition coefficient (Wildman–Crippen LogP) is 2.43. The van der Waals surface area contributed by atoms with E-state index in [-0.39, 0.29) is 32.9 Å². The minimum atomic E-state index is -1.45. The summed E-state index contributed by atoms with van der Waals surface area (Å²) in [6.45, 7) is 1.57. The number of hydrogen-bond acceptors (Lipinski definition) is 9. The fourth-order valence-corrected chi connectivity index (χ4v) is 2.78. The van der Waals surface area contributed by atoms with E-state index in [2.05, 4.69) is 10.2 Å². The number of furan rings is 1. The highest BCUT2D eigenvalue weighted by atomic mass is 32.2. The lowest BCUT2D eigenvalue weighted by atomic mass is 10.1. The summed E-state index contributed by atoms with van der Waals surface area (Å²) in [5.41, 5.74) is 0.167. The van der Waals surface area contributed by atoms with Crippen molar-refractivity contribution in [2.75, 3.05) is 0 Å². The topological polar surface area (TPSA) is 135 Å². The van der Waals surface area contributed by atoms with Gasteiger partial charge < -0.3 is 18.7 Å². The Morgan fingerprint density at radius 2 is 1.96 bits per heavy atom. The van der Waals surface area contributed by atoms with E-state index in [4.69, 9.17) is 8.83 Å². The Balaban J connectivity index is 1.92. The Kier molecular flexibility index (Phi) is 4.85. The molecule has 9 nitrogen and oxygen atoms in total. The lowest BCUT2D eigenvalue weighted by molar-refractivity contribution is -0.384. The maximum Gasteiger partial charge on any atom is 0.281 e. The normalized spacial score (nSPS) is 11.5. The fraction of sp³-hybridized carbons (Fsp3) is 0.0625. The van der Waals surface area contributed by atoms with E-state index in [1.165, 1.54) is 24.3 Å². The molecule has 0 amide bonds. The molecule has 3 rings (SSSR count). The maximum absolute atomic E-state index is 11.3. The van der Waals surface area contributed by atoms with E-state index >= 15 is 0 Å². The molecule has 0 fully saturated rings. The number of carboxylic acids is 1. The molecule has 0 bridgehead atoms. The zero-order valence-corrected chi connectivity index (χ0v) is 14.1. The maximum atomic E-state index is 11.3. The van der Waals surface area contributed by atoms with Gasteiger partial charge in [0.05, 0.1) is 16.5 Å². The molecule has 3 aromatic rings. The highest BCUT2D eigenvalue weighted by Gasteiger charge is 2.17. The standard InChI is InChI=1S/C16H11N3O6S/c1-9-17-18-16(24-9)26-14(15(20)21)8-10-6-7-13(25-10)11-4-2-3-5-12(11)19(22)23/h2-8H,1H3,(H,20,21)/p-1/b14-8+. The van der Waals surface area contributed by atoms with Crippen molar-refractivity contribution in [3.05, 3.63) is 63.1 Å². The van der Waals surface area contributed by atoms with Crippen LogP contribution in [0.5, 0.6) is 0 Å². The molecule has 10 heteroatoms. The van der Waals surface area contributed by atoms with Gasteiger partial charge in [0.15, 0.2) is 0 Å². The van der Waals surface area contributed by atoms with Gasteiger partial charge in [-0.1, -0.05) is 12.1 Å². The summed E-state index contributed by atoms with van der Waals surface area (Å²) >= 11 is 0.716. The highest BCUT2D eigenvalue weighted by molar-refractivity contribution is 8.03. The highest BCUT2D eigenvalue weighted by Crippen LogP contribution is 2.32. The third-order valence-electron chi connectivity index (χ3n) is 3.17. The summed E-state index contributed by atoms with van der Waals surface area (Å²) in [6, 6.07) is 9.09. The molecule has 0 aliphatic rings. The molecule has 0 N–H and O–H groups in total. The average molecular weight is 372 g/mol. The van der Waals surface area contributed by atoms with E-state index in [1.54, 1.807) is 25.1 Å². The molecular formula is C16H10N3O6S-. The summed E-state index contributed by atoms with van der Waals surface area (Å²) < 4.78 is 10.7. The molecular weight excluding hydrogens is 362 g/mol. The third kappa shape index (κ3) is 3.81. The van der Waals surface area contributed by atoms with Gasteiger partial charge in [0.1, 0.15) is 11.5 Å². The molecule has 0 aliphatic heterocycles. The molecule has 1 aromatic carbocycles. The van der Waals surface area contributed by atoms with E-state index in [0.717, 1.165) is 0 Å². The summed E-state index contributed by atoms with van der Waals surface area (Å²) in [5.74, 6) is -0.739. The van der Waals surface area contributed by atoms with Gasteiger partial charge in [-0.2, -0.15) is 0 Å².